The average Bonchev–Trinajstić information content (AvgIpc) is 2.84. The molecule has 1 N–H and O–H groups in total. The molecule has 0 bridgehead atoms. The summed E-state index contributed by atoms with van der Waals surface area (Å²) in [4.78, 5) is 2.50. The summed E-state index contributed by atoms with van der Waals surface area (Å²) in [7, 11) is 2.25. The minimum atomic E-state index is 0.554. The van der Waals surface area contributed by atoms with Crippen LogP contribution in [0.1, 0.15) is 37.8 Å². The first-order chi connectivity index (χ1) is 8.31. The van der Waals surface area contributed by atoms with E-state index in [1.54, 1.807) is 0 Å². The third-order valence-electron chi connectivity index (χ3n) is 3.77. The molecule has 1 fully saturated rings. The first-order valence-corrected chi connectivity index (χ1v) is 6.80. The molecular formula is C15H24N2. The van der Waals surface area contributed by atoms with Crippen LogP contribution in [0.2, 0.25) is 0 Å². The van der Waals surface area contributed by atoms with Gasteiger partial charge in [0.05, 0.1) is 0 Å². The fourth-order valence-electron chi connectivity index (χ4n) is 2.86. The molecule has 2 nitrogen and oxygen atoms in total. The normalized spacial score (nSPS) is 21.9. The summed E-state index contributed by atoms with van der Waals surface area (Å²) in [5.41, 5.74) is 1.44. The third-order valence-corrected chi connectivity index (χ3v) is 3.77. The van der Waals surface area contributed by atoms with E-state index in [0.29, 0.717) is 12.1 Å². The Kier molecular flexibility index (Phi) is 4.57. The number of nitrogens with zero attached hydrogens (tertiary/aromatic N) is 1. The fraction of sp³-hybridized carbons (Fsp3) is 0.600. The van der Waals surface area contributed by atoms with Crippen molar-refractivity contribution < 1.29 is 0 Å². The molecule has 0 aromatic heterocycles. The average molecular weight is 232 g/mol. The SMILES string of the molecule is CCC(c1ccccc1)N(C)CC1CCCN1. The Bertz CT molecular complexity index is 317. The summed E-state index contributed by atoms with van der Waals surface area (Å²) in [5, 5.41) is 3.58. The van der Waals surface area contributed by atoms with E-state index in [9.17, 15) is 0 Å². The van der Waals surface area contributed by atoms with E-state index in [-0.39, 0.29) is 0 Å². The second kappa shape index (κ2) is 6.18. The van der Waals surface area contributed by atoms with E-state index in [0.717, 1.165) is 6.54 Å². The molecule has 2 unspecified atom stereocenters. The van der Waals surface area contributed by atoms with E-state index in [2.05, 4.69) is 54.5 Å². The molecule has 1 saturated heterocycles. The second-order valence-corrected chi connectivity index (χ2v) is 5.07. The predicted octanol–water partition coefficient (Wildman–Crippen LogP) is 2.82. The molecule has 1 heterocycles. The van der Waals surface area contributed by atoms with Crippen LogP contribution in [0.5, 0.6) is 0 Å². The molecule has 2 rings (SSSR count). The lowest BCUT2D eigenvalue weighted by atomic mass is 10.0. The lowest BCUT2D eigenvalue weighted by Gasteiger charge is -2.30. The highest BCUT2D eigenvalue weighted by molar-refractivity contribution is 5.18. The number of nitrogens with one attached hydrogen (secondary N) is 1. The van der Waals surface area contributed by atoms with Gasteiger partial charge in [-0.25, -0.2) is 0 Å². The Morgan fingerprint density at radius 3 is 2.71 bits per heavy atom. The molecule has 2 atom stereocenters. The van der Waals surface area contributed by atoms with Crippen molar-refractivity contribution in [3.63, 3.8) is 0 Å². The minimum absolute atomic E-state index is 0.554. The zero-order valence-electron chi connectivity index (χ0n) is 11.0. The van der Waals surface area contributed by atoms with Crippen molar-refractivity contribution in [3.05, 3.63) is 35.9 Å². The molecule has 0 amide bonds. The zero-order valence-corrected chi connectivity index (χ0v) is 11.0. The minimum Gasteiger partial charge on any atom is -0.313 e. The molecular weight excluding hydrogens is 208 g/mol. The predicted molar refractivity (Wildman–Crippen MR) is 73.1 cm³/mol. The van der Waals surface area contributed by atoms with Crippen LogP contribution in [0.15, 0.2) is 30.3 Å². The van der Waals surface area contributed by atoms with Gasteiger partial charge in [-0.15, -0.1) is 0 Å². The van der Waals surface area contributed by atoms with Crippen LogP contribution in [0.3, 0.4) is 0 Å². The molecule has 94 valence electrons. The summed E-state index contributed by atoms with van der Waals surface area (Å²) in [6, 6.07) is 12.1. The summed E-state index contributed by atoms with van der Waals surface area (Å²) in [6.07, 6.45) is 3.84. The van der Waals surface area contributed by atoms with Crippen LogP contribution in [0.25, 0.3) is 0 Å². The molecule has 17 heavy (non-hydrogen) atoms. The van der Waals surface area contributed by atoms with Crippen molar-refractivity contribution in [1.29, 1.82) is 0 Å². The first-order valence-electron chi connectivity index (χ1n) is 6.80. The zero-order chi connectivity index (χ0) is 12.1. The Morgan fingerprint density at radius 2 is 2.12 bits per heavy atom. The van der Waals surface area contributed by atoms with Gasteiger partial charge in [-0.2, -0.15) is 0 Å². The molecule has 2 heteroatoms. The van der Waals surface area contributed by atoms with Crippen LogP contribution in [0, 0.1) is 0 Å². The van der Waals surface area contributed by atoms with E-state index < -0.39 is 0 Å². The van der Waals surface area contributed by atoms with Crippen LogP contribution in [-0.2, 0) is 0 Å². The van der Waals surface area contributed by atoms with E-state index in [1.807, 2.05) is 0 Å². The monoisotopic (exact) mass is 232 g/mol. The van der Waals surface area contributed by atoms with Crippen molar-refractivity contribution in [2.75, 3.05) is 20.1 Å². The van der Waals surface area contributed by atoms with Gasteiger partial charge in [0, 0.05) is 18.6 Å². The molecule has 0 radical (unpaired) electrons. The van der Waals surface area contributed by atoms with E-state index >= 15 is 0 Å². The maximum atomic E-state index is 3.58. The summed E-state index contributed by atoms with van der Waals surface area (Å²) in [6.45, 7) is 4.63. The first kappa shape index (κ1) is 12.6. The maximum absolute atomic E-state index is 3.58. The number of likely N-dealkylation sites (N-methyl/N-ethyl adjacent to an activating group) is 1. The molecule has 1 aliphatic rings. The standard InChI is InChI=1S/C15H24N2/c1-3-15(13-8-5-4-6-9-13)17(2)12-14-10-7-11-16-14/h4-6,8-9,14-16H,3,7,10-12H2,1-2H3. The van der Waals surface area contributed by atoms with Crippen molar-refractivity contribution in [1.82, 2.24) is 10.2 Å². The Labute approximate surface area is 105 Å². The van der Waals surface area contributed by atoms with E-state index in [1.165, 1.54) is 31.4 Å². The maximum Gasteiger partial charge on any atom is 0.0343 e. The molecule has 1 aliphatic heterocycles. The third kappa shape index (κ3) is 3.30. The van der Waals surface area contributed by atoms with Crippen LogP contribution in [-0.4, -0.2) is 31.1 Å². The molecule has 0 saturated carbocycles. The number of hydrogen-bond acceptors (Lipinski definition) is 2. The highest BCUT2D eigenvalue weighted by Gasteiger charge is 2.20. The van der Waals surface area contributed by atoms with Gasteiger partial charge in [0.25, 0.3) is 0 Å². The van der Waals surface area contributed by atoms with Gasteiger partial charge in [0.15, 0.2) is 0 Å². The van der Waals surface area contributed by atoms with Crippen molar-refractivity contribution in [2.24, 2.45) is 0 Å². The smallest absolute Gasteiger partial charge is 0.0343 e. The fourth-order valence-corrected chi connectivity index (χ4v) is 2.86. The van der Waals surface area contributed by atoms with Gasteiger partial charge >= 0.3 is 0 Å². The van der Waals surface area contributed by atoms with E-state index in [4.69, 9.17) is 0 Å². The van der Waals surface area contributed by atoms with Crippen molar-refractivity contribution >= 4 is 0 Å². The number of rotatable bonds is 5. The van der Waals surface area contributed by atoms with Gasteiger partial charge in [-0.3, -0.25) is 4.90 Å². The van der Waals surface area contributed by atoms with Gasteiger partial charge in [0.1, 0.15) is 0 Å². The van der Waals surface area contributed by atoms with Crippen LogP contribution in [0.4, 0.5) is 0 Å². The molecule has 1 aromatic carbocycles. The summed E-state index contributed by atoms with van der Waals surface area (Å²) < 4.78 is 0. The Balaban J connectivity index is 1.97. The molecule has 0 spiro atoms. The topological polar surface area (TPSA) is 15.3 Å². The molecule has 1 aromatic rings. The lowest BCUT2D eigenvalue weighted by Crippen LogP contribution is -2.37. The summed E-state index contributed by atoms with van der Waals surface area (Å²) in [5.74, 6) is 0. The molecule has 0 aliphatic carbocycles. The van der Waals surface area contributed by atoms with Crippen molar-refractivity contribution in [2.45, 2.75) is 38.3 Å². The summed E-state index contributed by atoms with van der Waals surface area (Å²) >= 11 is 0. The van der Waals surface area contributed by atoms with Crippen LogP contribution < -0.4 is 5.32 Å². The Morgan fingerprint density at radius 1 is 1.35 bits per heavy atom. The number of hydrogen-bond donors (Lipinski definition) is 1. The van der Waals surface area contributed by atoms with Gasteiger partial charge < -0.3 is 5.32 Å². The van der Waals surface area contributed by atoms with Gasteiger partial charge in [-0.05, 0) is 38.4 Å². The number of benzene rings is 1. The largest absolute Gasteiger partial charge is 0.313 e. The van der Waals surface area contributed by atoms with Crippen LogP contribution >= 0.6 is 0 Å². The van der Waals surface area contributed by atoms with Crippen molar-refractivity contribution in [3.8, 4) is 0 Å². The Hall–Kier alpha value is -0.860. The van der Waals surface area contributed by atoms with Gasteiger partial charge in [0.2, 0.25) is 0 Å². The quantitative estimate of drug-likeness (QED) is 0.840. The van der Waals surface area contributed by atoms with Gasteiger partial charge in [-0.1, -0.05) is 37.3 Å². The second-order valence-electron chi connectivity index (χ2n) is 5.07. The highest BCUT2D eigenvalue weighted by atomic mass is 15.2. The lowest BCUT2D eigenvalue weighted by molar-refractivity contribution is 0.218. The highest BCUT2D eigenvalue weighted by Crippen LogP contribution is 2.23.